The van der Waals surface area contributed by atoms with E-state index in [-0.39, 0.29) is 11.4 Å². The Morgan fingerprint density at radius 1 is 1.44 bits per heavy atom. The van der Waals surface area contributed by atoms with Gasteiger partial charge >= 0.3 is 0 Å². The Hall–Kier alpha value is -1.37. The van der Waals surface area contributed by atoms with E-state index in [1.807, 2.05) is 0 Å². The third-order valence-electron chi connectivity index (χ3n) is 2.01. The molecular weight excluding hydrogens is 212 g/mol. The second-order valence-electron chi connectivity index (χ2n) is 3.09. The first kappa shape index (κ1) is 12.7. The van der Waals surface area contributed by atoms with Crippen molar-refractivity contribution in [1.29, 1.82) is 0 Å². The summed E-state index contributed by atoms with van der Waals surface area (Å²) in [5.74, 6) is 0.729. The molecule has 16 heavy (non-hydrogen) atoms. The van der Waals surface area contributed by atoms with Gasteiger partial charge in [-0.25, -0.2) is 0 Å². The third-order valence-corrected chi connectivity index (χ3v) is 2.01. The maximum Gasteiger partial charge on any atom is 0.197 e. The summed E-state index contributed by atoms with van der Waals surface area (Å²) in [4.78, 5) is 3.94. The number of nitrogens with zero attached hydrogens (tertiary/aromatic N) is 1. The Balaban J connectivity index is 3.09. The number of hydrogen-bond acceptors (Lipinski definition) is 6. The smallest absolute Gasteiger partial charge is 0.197 e. The lowest BCUT2D eigenvalue weighted by Crippen LogP contribution is -2.19. The largest absolute Gasteiger partial charge is 0.493 e. The fraction of sp³-hybridized carbons (Fsp3) is 0.500. The minimum atomic E-state index is -1.23. The van der Waals surface area contributed by atoms with Crippen LogP contribution in [0, 0.1) is 0 Å². The van der Waals surface area contributed by atoms with Gasteiger partial charge in [0.05, 0.1) is 7.11 Å². The van der Waals surface area contributed by atoms with Crippen molar-refractivity contribution in [3.05, 3.63) is 18.0 Å². The molecular formula is C10H16N2O4. The molecule has 0 amide bonds. The number of aliphatic hydroxyl groups excluding tert-OH is 1. The first-order valence-electron chi connectivity index (χ1n) is 4.76. The Morgan fingerprint density at radius 3 is 2.62 bits per heavy atom. The fourth-order valence-corrected chi connectivity index (χ4v) is 1.15. The zero-order valence-corrected chi connectivity index (χ0v) is 9.51. The summed E-state index contributed by atoms with van der Waals surface area (Å²) in [5.41, 5.74) is 5.58. The third kappa shape index (κ3) is 2.82. The maximum atomic E-state index is 9.35. The zero-order chi connectivity index (χ0) is 12.1. The highest BCUT2D eigenvalue weighted by Crippen LogP contribution is 2.32. The normalized spacial score (nSPS) is 14.3. The first-order chi connectivity index (χ1) is 7.60. The van der Waals surface area contributed by atoms with Crippen molar-refractivity contribution in [3.63, 3.8) is 0 Å². The molecule has 1 rings (SSSR count). The van der Waals surface area contributed by atoms with Crippen LogP contribution in [0.3, 0.4) is 0 Å². The second kappa shape index (κ2) is 5.64. The summed E-state index contributed by atoms with van der Waals surface area (Å²) in [6.07, 6.45) is -0.237. The van der Waals surface area contributed by atoms with Crippen LogP contribution in [0.2, 0.25) is 0 Å². The molecule has 2 unspecified atom stereocenters. The van der Waals surface area contributed by atoms with Crippen molar-refractivity contribution in [1.82, 2.24) is 4.98 Å². The number of rotatable bonds is 5. The van der Waals surface area contributed by atoms with Crippen molar-refractivity contribution in [2.24, 2.45) is 5.73 Å². The highest BCUT2D eigenvalue weighted by molar-refractivity contribution is 5.43. The zero-order valence-electron chi connectivity index (χ0n) is 9.51. The standard InChI is InChI=1S/C10H16N2O4/c1-6(14-2)16-9-7(15-3)4-5-12-8(9)10(11)13/h4-6,10,13H,11H2,1-3H3. The Kier molecular flexibility index (Phi) is 4.48. The lowest BCUT2D eigenvalue weighted by molar-refractivity contribution is -0.0415. The predicted molar refractivity (Wildman–Crippen MR) is 57.0 cm³/mol. The van der Waals surface area contributed by atoms with Gasteiger partial charge in [0.15, 0.2) is 17.8 Å². The van der Waals surface area contributed by atoms with Gasteiger partial charge in [0.25, 0.3) is 0 Å². The molecule has 1 aromatic heterocycles. The van der Waals surface area contributed by atoms with E-state index in [2.05, 4.69) is 4.98 Å². The molecule has 0 aliphatic heterocycles. The van der Waals surface area contributed by atoms with Gasteiger partial charge in [0.1, 0.15) is 11.9 Å². The molecule has 0 spiro atoms. The Morgan fingerprint density at radius 2 is 2.12 bits per heavy atom. The van der Waals surface area contributed by atoms with Crippen molar-refractivity contribution < 1.29 is 19.3 Å². The van der Waals surface area contributed by atoms with Crippen LogP contribution in [0.4, 0.5) is 0 Å². The molecule has 0 aliphatic carbocycles. The molecule has 0 bridgehead atoms. The predicted octanol–water partition coefficient (Wildman–Crippen LogP) is 0.411. The molecule has 2 atom stereocenters. The topological polar surface area (TPSA) is 86.8 Å². The summed E-state index contributed by atoms with van der Waals surface area (Å²) in [6.45, 7) is 1.71. The summed E-state index contributed by atoms with van der Waals surface area (Å²) in [5, 5.41) is 9.35. The van der Waals surface area contributed by atoms with E-state index in [9.17, 15) is 5.11 Å². The average molecular weight is 228 g/mol. The summed E-state index contributed by atoms with van der Waals surface area (Å²) < 4.78 is 15.5. The van der Waals surface area contributed by atoms with Gasteiger partial charge in [-0.1, -0.05) is 0 Å². The van der Waals surface area contributed by atoms with E-state index in [4.69, 9.17) is 19.9 Å². The van der Waals surface area contributed by atoms with Gasteiger partial charge in [-0.15, -0.1) is 0 Å². The van der Waals surface area contributed by atoms with Crippen LogP contribution in [0.25, 0.3) is 0 Å². The van der Waals surface area contributed by atoms with Gasteiger partial charge in [-0.2, -0.15) is 0 Å². The number of nitrogens with two attached hydrogens (primary N) is 1. The van der Waals surface area contributed by atoms with Gasteiger partial charge in [-0.3, -0.25) is 4.98 Å². The lowest BCUT2D eigenvalue weighted by Gasteiger charge is -2.18. The molecule has 1 aromatic rings. The SMILES string of the molecule is COc1ccnc(C(N)O)c1OC(C)OC. The Bertz CT molecular complexity index is 344. The van der Waals surface area contributed by atoms with Crippen LogP contribution >= 0.6 is 0 Å². The summed E-state index contributed by atoms with van der Waals surface area (Å²) >= 11 is 0. The van der Waals surface area contributed by atoms with E-state index in [0.29, 0.717) is 5.75 Å². The minimum absolute atomic E-state index is 0.211. The second-order valence-corrected chi connectivity index (χ2v) is 3.09. The number of aromatic nitrogens is 1. The highest BCUT2D eigenvalue weighted by Gasteiger charge is 2.18. The number of hydrogen-bond donors (Lipinski definition) is 2. The summed E-state index contributed by atoms with van der Waals surface area (Å²) in [6, 6.07) is 1.61. The number of pyridine rings is 1. The molecule has 0 saturated carbocycles. The van der Waals surface area contributed by atoms with Gasteiger partial charge in [0.2, 0.25) is 0 Å². The lowest BCUT2D eigenvalue weighted by atomic mass is 10.3. The molecule has 6 heteroatoms. The van der Waals surface area contributed by atoms with E-state index < -0.39 is 12.5 Å². The molecule has 0 radical (unpaired) electrons. The van der Waals surface area contributed by atoms with Gasteiger partial charge < -0.3 is 25.1 Å². The van der Waals surface area contributed by atoms with Crippen LogP contribution < -0.4 is 15.2 Å². The maximum absolute atomic E-state index is 9.35. The number of ether oxygens (including phenoxy) is 3. The minimum Gasteiger partial charge on any atom is -0.493 e. The molecule has 0 aliphatic rings. The van der Waals surface area contributed by atoms with Crippen molar-refractivity contribution in [2.75, 3.05) is 14.2 Å². The van der Waals surface area contributed by atoms with Gasteiger partial charge in [0, 0.05) is 19.4 Å². The molecule has 0 saturated heterocycles. The van der Waals surface area contributed by atoms with Crippen LogP contribution in [0.15, 0.2) is 12.3 Å². The molecule has 0 aromatic carbocycles. The summed E-state index contributed by atoms with van der Waals surface area (Å²) in [7, 11) is 3.00. The van der Waals surface area contributed by atoms with Crippen molar-refractivity contribution in [2.45, 2.75) is 19.4 Å². The van der Waals surface area contributed by atoms with Crippen LogP contribution in [-0.4, -0.2) is 30.6 Å². The van der Waals surface area contributed by atoms with E-state index in [1.165, 1.54) is 20.4 Å². The molecule has 0 fully saturated rings. The first-order valence-corrected chi connectivity index (χ1v) is 4.76. The van der Waals surface area contributed by atoms with Crippen LogP contribution in [-0.2, 0) is 4.74 Å². The Labute approximate surface area is 94.0 Å². The number of aliphatic hydroxyl groups is 1. The van der Waals surface area contributed by atoms with Crippen LogP contribution in [0.1, 0.15) is 18.8 Å². The van der Waals surface area contributed by atoms with Crippen LogP contribution in [0.5, 0.6) is 11.5 Å². The van der Waals surface area contributed by atoms with E-state index in [1.54, 1.807) is 13.0 Å². The molecule has 1 heterocycles. The van der Waals surface area contributed by atoms with Gasteiger partial charge in [-0.05, 0) is 6.92 Å². The van der Waals surface area contributed by atoms with Crippen molar-refractivity contribution in [3.8, 4) is 11.5 Å². The van der Waals surface area contributed by atoms with E-state index in [0.717, 1.165) is 0 Å². The average Bonchev–Trinajstić information content (AvgIpc) is 2.28. The quantitative estimate of drug-likeness (QED) is 0.710. The monoisotopic (exact) mass is 228 g/mol. The highest BCUT2D eigenvalue weighted by atomic mass is 16.7. The molecule has 90 valence electrons. The molecule has 6 nitrogen and oxygen atoms in total. The fourth-order valence-electron chi connectivity index (χ4n) is 1.15. The van der Waals surface area contributed by atoms with E-state index >= 15 is 0 Å². The number of methoxy groups -OCH3 is 2. The molecule has 3 N–H and O–H groups in total. The van der Waals surface area contributed by atoms with Crippen molar-refractivity contribution >= 4 is 0 Å².